The number of likely N-dealkylation sites (tertiary alicyclic amines) is 2. The molecular formula is C22H29N3O3. The molecule has 3 atom stereocenters. The van der Waals surface area contributed by atoms with Gasteiger partial charge in [-0.3, -0.25) is 19.0 Å². The molecule has 6 heteroatoms. The molecule has 3 aliphatic heterocycles. The molecule has 0 N–H and O–H groups in total. The molecule has 6 nitrogen and oxygen atoms in total. The highest BCUT2D eigenvalue weighted by atomic mass is 16.2. The van der Waals surface area contributed by atoms with Crippen LogP contribution in [0, 0.1) is 11.3 Å². The predicted octanol–water partition coefficient (Wildman–Crippen LogP) is 2.15. The van der Waals surface area contributed by atoms with Gasteiger partial charge in [0, 0.05) is 56.7 Å². The molecule has 1 spiro atoms. The molecule has 0 radical (unpaired) electrons. The lowest BCUT2D eigenvalue weighted by Gasteiger charge is -2.46. The molecule has 1 saturated carbocycles. The average molecular weight is 383 g/mol. The number of nitrogens with zero attached hydrogens (tertiary/aromatic N) is 3. The van der Waals surface area contributed by atoms with Crippen LogP contribution in [0.5, 0.6) is 0 Å². The highest BCUT2D eigenvalue weighted by Gasteiger charge is 2.48. The van der Waals surface area contributed by atoms with Crippen LogP contribution in [-0.2, 0) is 9.59 Å². The van der Waals surface area contributed by atoms with Crippen LogP contribution in [0.2, 0.25) is 0 Å². The molecule has 2 amide bonds. The van der Waals surface area contributed by atoms with Crippen LogP contribution in [-0.4, -0.2) is 52.4 Å². The van der Waals surface area contributed by atoms with E-state index in [2.05, 4.69) is 0 Å². The van der Waals surface area contributed by atoms with Crippen LogP contribution >= 0.6 is 0 Å². The van der Waals surface area contributed by atoms with Crippen molar-refractivity contribution in [2.75, 3.05) is 26.2 Å². The minimum Gasteiger partial charge on any atom is -0.342 e. The standard InChI is InChI=1S/C22H29N3O3/c1-15(26)24-12-16-11-17(13-24)20(25-18(16)5-4-6-19(25)27)21(28)23-10-9-22(14-23)7-2-3-8-22/h4-6,16-17,20H,2-3,7-14H2,1H3/t16-,17+,20-/m1/s1. The van der Waals surface area contributed by atoms with Crippen molar-refractivity contribution >= 4 is 11.8 Å². The highest BCUT2D eigenvalue weighted by Crippen LogP contribution is 2.47. The van der Waals surface area contributed by atoms with E-state index in [1.165, 1.54) is 25.7 Å². The molecule has 28 heavy (non-hydrogen) atoms. The minimum atomic E-state index is -0.473. The zero-order chi connectivity index (χ0) is 19.5. The van der Waals surface area contributed by atoms with E-state index in [0.29, 0.717) is 18.5 Å². The van der Waals surface area contributed by atoms with E-state index in [1.54, 1.807) is 23.6 Å². The quantitative estimate of drug-likeness (QED) is 0.747. The van der Waals surface area contributed by atoms with Gasteiger partial charge < -0.3 is 9.80 Å². The summed E-state index contributed by atoms with van der Waals surface area (Å²) in [5.41, 5.74) is 1.15. The molecular weight excluding hydrogens is 354 g/mol. The third-order valence-corrected chi connectivity index (χ3v) is 7.76. The summed E-state index contributed by atoms with van der Waals surface area (Å²) in [6.45, 7) is 4.45. The van der Waals surface area contributed by atoms with Gasteiger partial charge in [0.25, 0.3) is 5.56 Å². The van der Waals surface area contributed by atoms with Crippen molar-refractivity contribution in [2.45, 2.75) is 57.4 Å². The highest BCUT2D eigenvalue weighted by molar-refractivity contribution is 5.82. The summed E-state index contributed by atoms with van der Waals surface area (Å²) in [6, 6.07) is 4.84. The van der Waals surface area contributed by atoms with Crippen LogP contribution in [0.4, 0.5) is 0 Å². The molecule has 150 valence electrons. The summed E-state index contributed by atoms with van der Waals surface area (Å²) < 4.78 is 1.76. The molecule has 5 rings (SSSR count). The second kappa shape index (κ2) is 6.46. The summed E-state index contributed by atoms with van der Waals surface area (Å²) in [4.78, 5) is 42.5. The number of pyridine rings is 1. The van der Waals surface area contributed by atoms with Crippen LogP contribution in [0.1, 0.15) is 63.1 Å². The lowest BCUT2D eigenvalue weighted by atomic mass is 9.78. The van der Waals surface area contributed by atoms with Crippen molar-refractivity contribution in [2.24, 2.45) is 11.3 Å². The maximum atomic E-state index is 13.7. The number of rotatable bonds is 1. The molecule has 1 aliphatic carbocycles. The number of carbonyl (C=O) groups is 2. The van der Waals surface area contributed by atoms with Gasteiger partial charge in [0.1, 0.15) is 6.04 Å². The molecule has 2 saturated heterocycles. The van der Waals surface area contributed by atoms with Gasteiger partial charge in [-0.05, 0) is 37.2 Å². The average Bonchev–Trinajstić information content (AvgIpc) is 3.32. The second-order valence-electron chi connectivity index (χ2n) is 9.44. The molecule has 1 aromatic heterocycles. The van der Waals surface area contributed by atoms with E-state index < -0.39 is 6.04 Å². The second-order valence-corrected chi connectivity index (χ2v) is 9.44. The van der Waals surface area contributed by atoms with Crippen molar-refractivity contribution in [1.29, 1.82) is 0 Å². The fourth-order valence-corrected chi connectivity index (χ4v) is 6.35. The minimum absolute atomic E-state index is 0.0166. The third-order valence-electron chi connectivity index (χ3n) is 7.76. The third kappa shape index (κ3) is 2.72. The molecule has 0 unspecified atom stereocenters. The van der Waals surface area contributed by atoms with Gasteiger partial charge in [-0.1, -0.05) is 18.9 Å². The van der Waals surface area contributed by atoms with Crippen LogP contribution in [0.3, 0.4) is 0 Å². The first-order valence-corrected chi connectivity index (χ1v) is 10.7. The molecule has 1 aromatic rings. The maximum Gasteiger partial charge on any atom is 0.251 e. The number of fused-ring (bicyclic) bond motifs is 4. The van der Waals surface area contributed by atoms with E-state index >= 15 is 0 Å². The SMILES string of the molecule is CC(=O)N1C[C@H]2C[C@@H](C1)[C@H](C(=O)N1CCC3(CCCC3)C1)n1c2cccc1=O. The Balaban J connectivity index is 1.51. The number of hydrogen-bond donors (Lipinski definition) is 0. The topological polar surface area (TPSA) is 62.6 Å². The first kappa shape index (κ1) is 18.0. The largest absolute Gasteiger partial charge is 0.342 e. The molecule has 4 aliphatic rings. The smallest absolute Gasteiger partial charge is 0.251 e. The van der Waals surface area contributed by atoms with Gasteiger partial charge in [0.05, 0.1) is 0 Å². The summed E-state index contributed by atoms with van der Waals surface area (Å²) >= 11 is 0. The summed E-state index contributed by atoms with van der Waals surface area (Å²) in [6.07, 6.45) is 6.96. The molecule has 0 aromatic carbocycles. The van der Waals surface area contributed by atoms with Gasteiger partial charge in [-0.2, -0.15) is 0 Å². The first-order valence-electron chi connectivity index (χ1n) is 10.7. The number of amides is 2. The summed E-state index contributed by atoms with van der Waals surface area (Å²) in [5.74, 6) is 0.300. The van der Waals surface area contributed by atoms with Gasteiger partial charge in [0.15, 0.2) is 0 Å². The lowest BCUT2D eigenvalue weighted by Crippen LogP contribution is -2.54. The van der Waals surface area contributed by atoms with Crippen molar-refractivity contribution in [1.82, 2.24) is 14.4 Å². The normalized spacial score (nSPS) is 30.5. The van der Waals surface area contributed by atoms with Crippen LogP contribution < -0.4 is 5.56 Å². The Morgan fingerprint density at radius 1 is 1.07 bits per heavy atom. The maximum absolute atomic E-state index is 13.7. The number of carbonyl (C=O) groups excluding carboxylic acids is 2. The number of piperidine rings is 1. The van der Waals surface area contributed by atoms with E-state index in [9.17, 15) is 14.4 Å². The van der Waals surface area contributed by atoms with E-state index in [-0.39, 0.29) is 29.2 Å². The number of hydrogen-bond acceptors (Lipinski definition) is 3. The summed E-state index contributed by atoms with van der Waals surface area (Å²) in [5, 5.41) is 0. The Labute approximate surface area is 165 Å². The van der Waals surface area contributed by atoms with Crippen molar-refractivity contribution < 1.29 is 9.59 Å². The molecule has 4 heterocycles. The molecule has 2 bridgehead atoms. The Bertz CT molecular complexity index is 870. The Morgan fingerprint density at radius 2 is 1.86 bits per heavy atom. The predicted molar refractivity (Wildman–Crippen MR) is 105 cm³/mol. The van der Waals surface area contributed by atoms with Crippen molar-refractivity contribution in [3.63, 3.8) is 0 Å². The zero-order valence-corrected chi connectivity index (χ0v) is 16.6. The van der Waals surface area contributed by atoms with Gasteiger partial charge in [0.2, 0.25) is 11.8 Å². The fourth-order valence-electron chi connectivity index (χ4n) is 6.35. The van der Waals surface area contributed by atoms with Crippen LogP contribution in [0.15, 0.2) is 23.0 Å². The number of aromatic nitrogens is 1. The molecule has 3 fully saturated rings. The monoisotopic (exact) mass is 383 g/mol. The zero-order valence-electron chi connectivity index (χ0n) is 16.6. The summed E-state index contributed by atoms with van der Waals surface area (Å²) in [7, 11) is 0. The van der Waals surface area contributed by atoms with Crippen molar-refractivity contribution in [3.05, 3.63) is 34.2 Å². The fraction of sp³-hybridized carbons (Fsp3) is 0.682. The lowest BCUT2D eigenvalue weighted by molar-refractivity contribution is -0.141. The van der Waals surface area contributed by atoms with Gasteiger partial charge >= 0.3 is 0 Å². The Hall–Kier alpha value is -2.11. The van der Waals surface area contributed by atoms with Gasteiger partial charge in [-0.25, -0.2) is 0 Å². The van der Waals surface area contributed by atoms with E-state index in [0.717, 1.165) is 31.6 Å². The Kier molecular flexibility index (Phi) is 4.14. The Morgan fingerprint density at radius 3 is 2.61 bits per heavy atom. The first-order chi connectivity index (χ1) is 13.5. The van der Waals surface area contributed by atoms with Crippen LogP contribution in [0.25, 0.3) is 0 Å². The van der Waals surface area contributed by atoms with Crippen molar-refractivity contribution in [3.8, 4) is 0 Å². The van der Waals surface area contributed by atoms with E-state index in [1.807, 2.05) is 15.9 Å². The van der Waals surface area contributed by atoms with E-state index in [4.69, 9.17) is 0 Å². The van der Waals surface area contributed by atoms with Gasteiger partial charge in [-0.15, -0.1) is 0 Å².